The molecule has 0 aromatic carbocycles. The van der Waals surface area contributed by atoms with Gasteiger partial charge in [-0.3, -0.25) is 0 Å². The molecule has 1 fully saturated rings. The first-order valence-electron chi connectivity index (χ1n) is 7.42. The number of aryl methyl sites for hydroxylation is 1. The Labute approximate surface area is 120 Å². The van der Waals surface area contributed by atoms with E-state index in [2.05, 4.69) is 15.3 Å². The molecule has 1 aromatic rings. The quantitative estimate of drug-likeness (QED) is 0.538. The van der Waals surface area contributed by atoms with E-state index in [0.29, 0.717) is 11.9 Å². The van der Waals surface area contributed by atoms with Gasteiger partial charge < -0.3 is 15.4 Å². The van der Waals surface area contributed by atoms with Crippen molar-refractivity contribution in [2.75, 3.05) is 23.5 Å². The van der Waals surface area contributed by atoms with Gasteiger partial charge in [-0.1, -0.05) is 6.92 Å². The largest absolute Gasteiger partial charge is 0.396 e. The predicted octanol–water partition coefficient (Wildman–Crippen LogP) is 1.37. The van der Waals surface area contributed by atoms with E-state index in [1.165, 1.54) is 6.42 Å². The summed E-state index contributed by atoms with van der Waals surface area (Å²) in [6.45, 7) is 5.32. The molecule has 1 aromatic heterocycles. The van der Waals surface area contributed by atoms with Crippen LogP contribution in [0.15, 0.2) is 0 Å². The van der Waals surface area contributed by atoms with E-state index < -0.39 is 0 Å². The Hall–Kier alpha value is -1.40. The highest BCUT2D eigenvalue weighted by atomic mass is 16.2. The smallest absolute Gasteiger partial charge is 0.148 e. The van der Waals surface area contributed by atoms with Gasteiger partial charge in [0.05, 0.1) is 0 Å². The highest BCUT2D eigenvalue weighted by Gasteiger charge is 2.27. The fraction of sp³-hybridized carbons (Fsp3) is 0.714. The summed E-state index contributed by atoms with van der Waals surface area (Å²) in [5.41, 5.74) is 3.67. The Balaban J connectivity index is 2.30. The molecule has 1 aliphatic rings. The zero-order chi connectivity index (χ0) is 14.5. The highest BCUT2D eigenvalue weighted by molar-refractivity contribution is 5.59. The Morgan fingerprint density at radius 1 is 1.45 bits per heavy atom. The molecule has 0 bridgehead atoms. The van der Waals surface area contributed by atoms with Crippen molar-refractivity contribution in [3.8, 4) is 0 Å². The molecule has 1 aliphatic heterocycles. The minimum Gasteiger partial charge on any atom is -0.396 e. The minimum atomic E-state index is 0.253. The van der Waals surface area contributed by atoms with Crippen LogP contribution in [-0.4, -0.2) is 34.3 Å². The van der Waals surface area contributed by atoms with Crippen LogP contribution in [0, 0.1) is 6.92 Å². The number of nitrogens with two attached hydrogens (primary N) is 1. The molecule has 0 radical (unpaired) electrons. The first kappa shape index (κ1) is 15.0. The summed E-state index contributed by atoms with van der Waals surface area (Å²) in [5.74, 6) is 8.08. The lowest BCUT2D eigenvalue weighted by molar-refractivity contribution is 0.279. The zero-order valence-corrected chi connectivity index (χ0v) is 12.4. The average molecular weight is 279 g/mol. The molecule has 112 valence electrons. The molecule has 0 saturated carbocycles. The lowest BCUT2D eigenvalue weighted by atomic mass is 10.1. The maximum Gasteiger partial charge on any atom is 0.148 e. The van der Waals surface area contributed by atoms with Gasteiger partial charge in [-0.25, -0.2) is 15.8 Å². The number of aliphatic hydroxyl groups is 1. The molecule has 6 heteroatoms. The molecule has 0 aliphatic carbocycles. The summed E-state index contributed by atoms with van der Waals surface area (Å²) in [6.07, 6.45) is 4.97. The van der Waals surface area contributed by atoms with E-state index in [4.69, 9.17) is 15.9 Å². The monoisotopic (exact) mass is 279 g/mol. The van der Waals surface area contributed by atoms with E-state index in [1.54, 1.807) is 0 Å². The van der Waals surface area contributed by atoms with Crippen molar-refractivity contribution >= 4 is 11.6 Å². The molecular formula is C14H25N5O. The van der Waals surface area contributed by atoms with Gasteiger partial charge in [-0.15, -0.1) is 0 Å². The molecule has 1 saturated heterocycles. The number of aliphatic hydroxyl groups excluding tert-OH is 1. The van der Waals surface area contributed by atoms with E-state index in [-0.39, 0.29) is 6.61 Å². The summed E-state index contributed by atoms with van der Waals surface area (Å²) in [6, 6.07) is 0.464. The molecule has 4 N–H and O–H groups in total. The Kier molecular flexibility index (Phi) is 5.14. The summed E-state index contributed by atoms with van der Waals surface area (Å²) in [4.78, 5) is 11.5. The molecule has 2 heterocycles. The second-order valence-electron chi connectivity index (χ2n) is 5.29. The second-order valence-corrected chi connectivity index (χ2v) is 5.29. The van der Waals surface area contributed by atoms with Crippen LogP contribution in [0.25, 0.3) is 0 Å². The number of anilines is 2. The molecule has 0 spiro atoms. The van der Waals surface area contributed by atoms with Gasteiger partial charge in [0.25, 0.3) is 0 Å². The van der Waals surface area contributed by atoms with Crippen molar-refractivity contribution in [3.05, 3.63) is 11.4 Å². The van der Waals surface area contributed by atoms with Crippen molar-refractivity contribution in [2.24, 2.45) is 5.84 Å². The van der Waals surface area contributed by atoms with Crippen molar-refractivity contribution in [1.29, 1.82) is 0 Å². The second kappa shape index (κ2) is 6.85. The van der Waals surface area contributed by atoms with Crippen LogP contribution in [-0.2, 0) is 6.42 Å². The van der Waals surface area contributed by atoms with Crippen LogP contribution in [0.3, 0.4) is 0 Å². The number of nitrogens with one attached hydrogen (secondary N) is 1. The van der Waals surface area contributed by atoms with Crippen molar-refractivity contribution in [3.63, 3.8) is 0 Å². The van der Waals surface area contributed by atoms with Gasteiger partial charge >= 0.3 is 0 Å². The topological polar surface area (TPSA) is 87.3 Å². The Morgan fingerprint density at radius 3 is 2.90 bits per heavy atom. The summed E-state index contributed by atoms with van der Waals surface area (Å²) in [7, 11) is 0. The number of hydrogen-bond donors (Lipinski definition) is 3. The molecule has 1 unspecified atom stereocenters. The molecule has 1 atom stereocenters. The third-order valence-corrected chi connectivity index (χ3v) is 3.96. The lowest BCUT2D eigenvalue weighted by Crippen LogP contribution is -2.31. The van der Waals surface area contributed by atoms with E-state index in [9.17, 15) is 0 Å². The lowest BCUT2D eigenvalue weighted by Gasteiger charge is -2.28. The van der Waals surface area contributed by atoms with Crippen molar-refractivity contribution in [2.45, 2.75) is 52.0 Å². The predicted molar refractivity (Wildman–Crippen MR) is 80.6 cm³/mol. The van der Waals surface area contributed by atoms with Gasteiger partial charge in [0.1, 0.15) is 17.5 Å². The number of rotatable bonds is 6. The maximum absolute atomic E-state index is 9.03. The molecule has 0 amide bonds. The van der Waals surface area contributed by atoms with Crippen LogP contribution >= 0.6 is 0 Å². The molecular weight excluding hydrogens is 254 g/mol. The number of hydrazine groups is 1. The van der Waals surface area contributed by atoms with Crippen molar-refractivity contribution in [1.82, 2.24) is 9.97 Å². The number of nitrogen functional groups attached to an aromatic ring is 1. The summed E-state index contributed by atoms with van der Waals surface area (Å²) < 4.78 is 0. The third kappa shape index (κ3) is 3.02. The first-order valence-corrected chi connectivity index (χ1v) is 7.42. The van der Waals surface area contributed by atoms with Gasteiger partial charge in [0.2, 0.25) is 0 Å². The van der Waals surface area contributed by atoms with Crippen LogP contribution in [0.2, 0.25) is 0 Å². The van der Waals surface area contributed by atoms with Gasteiger partial charge in [-0.05, 0) is 32.6 Å². The third-order valence-electron chi connectivity index (χ3n) is 3.96. The maximum atomic E-state index is 9.03. The van der Waals surface area contributed by atoms with Gasteiger partial charge in [0, 0.05) is 31.2 Å². The Morgan fingerprint density at radius 2 is 2.25 bits per heavy atom. The van der Waals surface area contributed by atoms with E-state index >= 15 is 0 Å². The first-order chi connectivity index (χ1) is 9.71. The highest BCUT2D eigenvalue weighted by Crippen LogP contribution is 2.31. The van der Waals surface area contributed by atoms with E-state index in [0.717, 1.165) is 49.4 Å². The van der Waals surface area contributed by atoms with Gasteiger partial charge in [0.15, 0.2) is 0 Å². The Bertz CT molecular complexity index is 451. The molecule has 6 nitrogen and oxygen atoms in total. The summed E-state index contributed by atoms with van der Waals surface area (Å²) in [5, 5.41) is 9.03. The fourth-order valence-corrected chi connectivity index (χ4v) is 2.87. The zero-order valence-electron chi connectivity index (χ0n) is 12.4. The van der Waals surface area contributed by atoms with Crippen LogP contribution in [0.4, 0.5) is 11.6 Å². The van der Waals surface area contributed by atoms with E-state index in [1.807, 2.05) is 13.8 Å². The SMILES string of the molecule is CCc1nc(NN)c(C)c(N2CCCC2CCCO)n1. The van der Waals surface area contributed by atoms with Crippen LogP contribution in [0.5, 0.6) is 0 Å². The fourth-order valence-electron chi connectivity index (χ4n) is 2.87. The average Bonchev–Trinajstić information content (AvgIpc) is 2.93. The van der Waals surface area contributed by atoms with Gasteiger partial charge in [-0.2, -0.15) is 0 Å². The normalized spacial score (nSPS) is 18.6. The van der Waals surface area contributed by atoms with Crippen LogP contribution in [0.1, 0.15) is 44.0 Å². The van der Waals surface area contributed by atoms with Crippen molar-refractivity contribution < 1.29 is 5.11 Å². The summed E-state index contributed by atoms with van der Waals surface area (Å²) >= 11 is 0. The molecule has 20 heavy (non-hydrogen) atoms. The number of hydrogen-bond acceptors (Lipinski definition) is 6. The number of aromatic nitrogens is 2. The van der Waals surface area contributed by atoms with Crippen LogP contribution < -0.4 is 16.2 Å². The minimum absolute atomic E-state index is 0.253. The number of nitrogens with zero attached hydrogens (tertiary/aromatic N) is 3. The standard InChI is InChI=1S/C14H25N5O/c1-3-12-16-13(18-15)10(2)14(17-12)19-8-4-6-11(19)7-5-9-20/h11,20H,3-9,15H2,1-2H3,(H,16,17,18). The molecule has 2 rings (SSSR count).